The molecule has 2 aromatic heterocycles. The molecule has 11 heteroatoms. The first-order chi connectivity index (χ1) is 17.5. The van der Waals surface area contributed by atoms with Gasteiger partial charge in [0.25, 0.3) is 0 Å². The van der Waals surface area contributed by atoms with Crippen molar-refractivity contribution in [2.45, 2.75) is 31.5 Å². The lowest BCUT2D eigenvalue weighted by molar-refractivity contribution is -0.0807. The minimum Gasteiger partial charge on any atom is -0.467 e. The van der Waals surface area contributed by atoms with Gasteiger partial charge in [-0.2, -0.15) is 15.1 Å². The molecule has 1 aromatic carbocycles. The van der Waals surface area contributed by atoms with E-state index >= 15 is 4.39 Å². The number of aryl methyl sites for hydroxylation is 1. The summed E-state index contributed by atoms with van der Waals surface area (Å²) in [6.07, 6.45) is 2.43. The smallest absolute Gasteiger partial charge is 0.320 e. The molecule has 0 aliphatic carbocycles. The number of methoxy groups -OCH3 is 1. The van der Waals surface area contributed by atoms with Gasteiger partial charge in [0.1, 0.15) is 12.0 Å². The first-order valence-corrected chi connectivity index (χ1v) is 14.4. The summed E-state index contributed by atoms with van der Waals surface area (Å²) in [4.78, 5) is 11.5. The third-order valence-electron chi connectivity index (χ3n) is 7.55. The molecule has 9 nitrogen and oxygen atoms in total. The molecule has 3 saturated heterocycles. The highest BCUT2D eigenvalue weighted by Gasteiger charge is 2.36. The van der Waals surface area contributed by atoms with E-state index in [0.717, 1.165) is 60.6 Å². The number of hydrogen-bond donors (Lipinski definition) is 0. The summed E-state index contributed by atoms with van der Waals surface area (Å²) in [5, 5.41) is 5.66. The van der Waals surface area contributed by atoms with Gasteiger partial charge in [0.2, 0.25) is 0 Å². The van der Waals surface area contributed by atoms with Gasteiger partial charge in [-0.3, -0.25) is 4.90 Å². The minimum absolute atomic E-state index is 0.137. The topological polar surface area (TPSA) is 77.8 Å². The van der Waals surface area contributed by atoms with Gasteiger partial charge in [-0.25, -0.2) is 9.07 Å². The van der Waals surface area contributed by atoms with Crippen LogP contribution in [-0.2, 0) is 9.47 Å². The van der Waals surface area contributed by atoms with Gasteiger partial charge in [0.15, 0.2) is 5.82 Å². The summed E-state index contributed by atoms with van der Waals surface area (Å²) in [5.74, 6) is 1.30. The normalized spacial score (nSPS) is 25.8. The molecule has 3 unspecified atom stereocenters. The Morgan fingerprint density at radius 2 is 1.94 bits per heavy atom. The fraction of sp³-hybridized carbons (Fsp3) is 0.560. The average molecular weight is 515 g/mol. The van der Waals surface area contributed by atoms with Crippen LogP contribution in [0.15, 0.2) is 24.4 Å². The summed E-state index contributed by atoms with van der Waals surface area (Å²) in [6.45, 7) is 8.47. The summed E-state index contributed by atoms with van der Waals surface area (Å²) in [5.41, 5.74) is 3.05. The number of rotatable bonds is 5. The van der Waals surface area contributed by atoms with Gasteiger partial charge in [-0.1, -0.05) is 0 Å². The number of anilines is 1. The molecule has 3 aromatic rings. The lowest BCUT2D eigenvalue weighted by atomic mass is 9.84. The molecule has 3 aliphatic heterocycles. The Hall–Kier alpha value is -2.39. The van der Waals surface area contributed by atoms with Crippen molar-refractivity contribution in [3.8, 4) is 11.8 Å². The Kier molecular flexibility index (Phi) is 6.54. The van der Waals surface area contributed by atoms with Crippen molar-refractivity contribution in [3.05, 3.63) is 35.5 Å². The van der Waals surface area contributed by atoms with Crippen molar-refractivity contribution in [2.24, 2.45) is 0 Å². The molecule has 0 bridgehead atoms. The van der Waals surface area contributed by atoms with Crippen LogP contribution in [0.3, 0.4) is 0 Å². The second-order valence-electron chi connectivity index (χ2n) is 9.81. The molecule has 0 amide bonds. The molecule has 5 heterocycles. The number of halogens is 1. The average Bonchev–Trinajstić information content (AvgIpc) is 3.25. The second kappa shape index (κ2) is 9.82. The van der Waals surface area contributed by atoms with Gasteiger partial charge >= 0.3 is 6.01 Å². The van der Waals surface area contributed by atoms with Crippen LogP contribution in [0, 0.1) is 6.92 Å². The SMILES string of the molecule is COc1nc(N2CCOCP2C)cc(-n2ncc3cc(C)c(C4CCN(C5COC5)CC4F)cc32)n1. The zero-order chi connectivity index (χ0) is 24.8. The fourth-order valence-corrected chi connectivity index (χ4v) is 6.85. The highest BCUT2D eigenvalue weighted by molar-refractivity contribution is 7.58. The van der Waals surface area contributed by atoms with Crippen molar-refractivity contribution < 1.29 is 18.6 Å². The number of likely N-dealkylation sites (tertiary alicyclic amines) is 1. The molecule has 0 N–H and O–H groups in total. The first-order valence-electron chi connectivity index (χ1n) is 12.5. The molecule has 0 radical (unpaired) electrons. The van der Waals surface area contributed by atoms with Crippen molar-refractivity contribution in [1.29, 1.82) is 0 Å². The standard InChI is InChI=1S/C25H32FN6O3P/c1-16-8-17-11-27-32(24-10-23(28-25(29-24)33-2)31-6-7-34-15-36(31)3)22(17)9-20(16)19-4-5-30(12-21(19)26)18-13-35-14-18/h8-11,18-19,21H,4-7,12-15H2,1-3H3. The number of aromatic nitrogens is 4. The zero-order valence-electron chi connectivity index (χ0n) is 20.9. The van der Waals surface area contributed by atoms with E-state index in [1.54, 1.807) is 7.11 Å². The maximum Gasteiger partial charge on any atom is 0.320 e. The van der Waals surface area contributed by atoms with Crippen molar-refractivity contribution in [1.82, 2.24) is 24.6 Å². The van der Waals surface area contributed by atoms with Crippen LogP contribution in [0.5, 0.6) is 6.01 Å². The predicted molar refractivity (Wildman–Crippen MR) is 137 cm³/mol. The number of nitrogens with zero attached hydrogens (tertiary/aromatic N) is 6. The van der Waals surface area contributed by atoms with Crippen LogP contribution >= 0.6 is 8.07 Å². The Bertz CT molecular complexity index is 1250. The van der Waals surface area contributed by atoms with Crippen LogP contribution in [0.1, 0.15) is 23.5 Å². The largest absolute Gasteiger partial charge is 0.467 e. The Morgan fingerprint density at radius 3 is 2.67 bits per heavy atom. The number of fused-ring (bicyclic) bond motifs is 1. The molecular weight excluding hydrogens is 482 g/mol. The van der Waals surface area contributed by atoms with E-state index in [0.29, 0.717) is 37.4 Å². The van der Waals surface area contributed by atoms with Crippen LogP contribution in [0.2, 0.25) is 0 Å². The Balaban J connectivity index is 1.35. The Labute approximate surface area is 211 Å². The molecule has 0 spiro atoms. The van der Waals surface area contributed by atoms with E-state index in [2.05, 4.69) is 50.4 Å². The van der Waals surface area contributed by atoms with E-state index in [1.807, 2.05) is 16.9 Å². The van der Waals surface area contributed by atoms with Gasteiger partial charge in [0, 0.05) is 38.5 Å². The van der Waals surface area contributed by atoms with Crippen molar-refractivity contribution >= 4 is 24.8 Å². The quantitative estimate of drug-likeness (QED) is 0.479. The number of benzene rings is 1. The number of piperidine rings is 1. The van der Waals surface area contributed by atoms with E-state index in [1.165, 1.54) is 0 Å². The van der Waals surface area contributed by atoms with Gasteiger partial charge in [-0.05, 0) is 49.8 Å². The lowest BCUT2D eigenvalue weighted by Crippen LogP contribution is -2.54. The third kappa shape index (κ3) is 4.34. The fourth-order valence-electron chi connectivity index (χ4n) is 5.44. The molecule has 36 heavy (non-hydrogen) atoms. The Morgan fingerprint density at radius 1 is 1.11 bits per heavy atom. The summed E-state index contributed by atoms with van der Waals surface area (Å²) in [6, 6.07) is 6.83. The molecule has 6 rings (SSSR count). The highest BCUT2D eigenvalue weighted by atomic mass is 31.1. The summed E-state index contributed by atoms with van der Waals surface area (Å²) in [7, 11) is 1.07. The summed E-state index contributed by atoms with van der Waals surface area (Å²) >= 11 is 0. The number of alkyl halides is 1. The minimum atomic E-state index is -0.914. The van der Waals surface area contributed by atoms with Crippen molar-refractivity contribution in [3.63, 3.8) is 0 Å². The van der Waals surface area contributed by atoms with E-state index in [-0.39, 0.29) is 5.92 Å². The van der Waals surface area contributed by atoms with Crippen LogP contribution in [0.25, 0.3) is 16.7 Å². The monoisotopic (exact) mass is 514 g/mol. The van der Waals surface area contributed by atoms with Gasteiger partial charge in [0.05, 0.1) is 51.0 Å². The highest BCUT2D eigenvalue weighted by Crippen LogP contribution is 2.42. The first kappa shape index (κ1) is 24.0. The molecule has 0 saturated carbocycles. The molecule has 3 aliphatic rings. The van der Waals surface area contributed by atoms with Gasteiger partial charge in [-0.15, -0.1) is 0 Å². The molecule has 3 fully saturated rings. The van der Waals surface area contributed by atoms with Crippen LogP contribution in [0.4, 0.5) is 10.2 Å². The number of hydrogen-bond acceptors (Lipinski definition) is 8. The maximum absolute atomic E-state index is 15.5. The zero-order valence-corrected chi connectivity index (χ0v) is 21.8. The third-order valence-corrected chi connectivity index (χ3v) is 9.33. The second-order valence-corrected chi connectivity index (χ2v) is 11.9. The molecular formula is C25H32FN6O3P. The van der Waals surface area contributed by atoms with E-state index in [9.17, 15) is 0 Å². The summed E-state index contributed by atoms with van der Waals surface area (Å²) < 4.78 is 35.9. The van der Waals surface area contributed by atoms with Crippen LogP contribution in [-0.4, -0.2) is 96.4 Å². The predicted octanol–water partition coefficient (Wildman–Crippen LogP) is 3.48. The van der Waals surface area contributed by atoms with Gasteiger partial charge < -0.3 is 18.9 Å². The maximum atomic E-state index is 15.5. The van der Waals surface area contributed by atoms with E-state index < -0.39 is 14.2 Å². The van der Waals surface area contributed by atoms with E-state index in [4.69, 9.17) is 14.2 Å². The van der Waals surface area contributed by atoms with Crippen molar-refractivity contribution in [2.75, 3.05) is 64.2 Å². The molecule has 3 atom stereocenters. The lowest BCUT2D eigenvalue weighted by Gasteiger charge is -2.43. The number of ether oxygens (including phenoxy) is 3. The molecule has 192 valence electrons. The van der Waals surface area contributed by atoms with Crippen LogP contribution < -0.4 is 9.41 Å².